The van der Waals surface area contributed by atoms with Crippen LogP contribution in [-0.2, 0) is 6.54 Å². The van der Waals surface area contributed by atoms with Crippen LogP contribution in [0.4, 0.5) is 0 Å². The number of nitrogens with zero attached hydrogens (tertiary/aromatic N) is 1. The Morgan fingerprint density at radius 3 is 2.53 bits per heavy atom. The maximum Gasteiger partial charge on any atom is 0.253 e. The highest BCUT2D eigenvalue weighted by molar-refractivity contribution is 9.11. The van der Waals surface area contributed by atoms with E-state index in [1.165, 1.54) is 10.4 Å². The van der Waals surface area contributed by atoms with Gasteiger partial charge in [-0.1, -0.05) is 6.07 Å². The molecule has 0 N–H and O–H groups in total. The molecule has 100 valence electrons. The summed E-state index contributed by atoms with van der Waals surface area (Å²) in [5, 5.41) is 0. The molecule has 0 bridgehead atoms. The van der Waals surface area contributed by atoms with Gasteiger partial charge in [-0.05, 0) is 65.2 Å². The average molecular weight is 338 g/mol. The minimum atomic E-state index is 0.0626. The minimum absolute atomic E-state index is 0.0626. The molecule has 19 heavy (non-hydrogen) atoms. The van der Waals surface area contributed by atoms with Crippen LogP contribution in [0.25, 0.3) is 0 Å². The first-order valence-electron chi connectivity index (χ1n) is 6.04. The molecule has 0 unspecified atom stereocenters. The molecule has 0 radical (unpaired) electrons. The number of hydrogen-bond donors (Lipinski definition) is 0. The Bertz CT molecular complexity index is 606. The third-order valence-electron chi connectivity index (χ3n) is 3.12. The molecule has 1 heterocycles. The topological polar surface area (TPSA) is 20.3 Å². The summed E-state index contributed by atoms with van der Waals surface area (Å²) < 4.78 is 1.09. The molecule has 1 amide bonds. The van der Waals surface area contributed by atoms with E-state index in [4.69, 9.17) is 0 Å². The van der Waals surface area contributed by atoms with E-state index < -0.39 is 0 Å². The number of thiophene rings is 1. The van der Waals surface area contributed by atoms with Crippen molar-refractivity contribution in [2.24, 2.45) is 0 Å². The highest BCUT2D eigenvalue weighted by atomic mass is 79.9. The lowest BCUT2D eigenvalue weighted by Gasteiger charge is -2.17. The second-order valence-corrected chi connectivity index (χ2v) is 7.21. The van der Waals surface area contributed by atoms with Crippen molar-refractivity contribution in [2.45, 2.75) is 20.4 Å². The van der Waals surface area contributed by atoms with Crippen molar-refractivity contribution in [3.63, 3.8) is 0 Å². The summed E-state index contributed by atoms with van der Waals surface area (Å²) in [6.45, 7) is 4.72. The molecule has 0 aliphatic carbocycles. The zero-order valence-corrected chi connectivity index (χ0v) is 13.6. The molecule has 2 rings (SSSR count). The molecule has 0 saturated heterocycles. The van der Waals surface area contributed by atoms with Gasteiger partial charge in [0.1, 0.15) is 0 Å². The summed E-state index contributed by atoms with van der Waals surface area (Å²) in [6, 6.07) is 9.90. The normalized spacial score (nSPS) is 10.5. The van der Waals surface area contributed by atoms with E-state index in [1.807, 2.05) is 44.3 Å². The van der Waals surface area contributed by atoms with E-state index in [0.717, 1.165) is 14.9 Å². The van der Waals surface area contributed by atoms with Gasteiger partial charge in [0.25, 0.3) is 5.91 Å². The molecule has 0 aliphatic heterocycles. The van der Waals surface area contributed by atoms with Gasteiger partial charge in [-0.15, -0.1) is 11.3 Å². The lowest BCUT2D eigenvalue weighted by atomic mass is 10.1. The van der Waals surface area contributed by atoms with Crippen LogP contribution < -0.4 is 0 Å². The zero-order chi connectivity index (χ0) is 14.0. The molecule has 1 aromatic heterocycles. The fourth-order valence-electron chi connectivity index (χ4n) is 1.84. The Kier molecular flexibility index (Phi) is 4.42. The Morgan fingerprint density at radius 2 is 1.95 bits per heavy atom. The SMILES string of the molecule is Cc1ccc(C(=O)N(C)Cc2ccc(Br)s2)cc1C. The molecule has 1 aromatic carbocycles. The maximum absolute atomic E-state index is 12.3. The predicted octanol–water partition coefficient (Wildman–Crippen LogP) is 4.40. The Hall–Kier alpha value is -1.13. The van der Waals surface area contributed by atoms with Gasteiger partial charge in [0.15, 0.2) is 0 Å². The van der Waals surface area contributed by atoms with Gasteiger partial charge in [0, 0.05) is 17.5 Å². The number of halogens is 1. The number of hydrogen-bond acceptors (Lipinski definition) is 2. The van der Waals surface area contributed by atoms with Crippen LogP contribution in [0.15, 0.2) is 34.1 Å². The number of carbonyl (C=O) groups is 1. The number of aryl methyl sites for hydroxylation is 2. The third-order valence-corrected chi connectivity index (χ3v) is 4.73. The highest BCUT2D eigenvalue weighted by Crippen LogP contribution is 2.23. The lowest BCUT2D eigenvalue weighted by molar-refractivity contribution is 0.0786. The third kappa shape index (κ3) is 3.45. The second kappa shape index (κ2) is 5.88. The van der Waals surface area contributed by atoms with Gasteiger partial charge in [-0.3, -0.25) is 4.79 Å². The molecule has 0 aliphatic rings. The fourth-order valence-corrected chi connectivity index (χ4v) is 3.37. The average Bonchev–Trinajstić information content (AvgIpc) is 2.77. The number of amides is 1. The van der Waals surface area contributed by atoms with Crippen molar-refractivity contribution in [2.75, 3.05) is 7.05 Å². The van der Waals surface area contributed by atoms with Gasteiger partial charge >= 0.3 is 0 Å². The van der Waals surface area contributed by atoms with Crippen LogP contribution in [0.5, 0.6) is 0 Å². The second-order valence-electron chi connectivity index (χ2n) is 4.67. The Labute approximate surface area is 126 Å². The van der Waals surface area contributed by atoms with Crippen molar-refractivity contribution >= 4 is 33.2 Å². The van der Waals surface area contributed by atoms with Gasteiger partial charge in [0.05, 0.1) is 10.3 Å². The first-order valence-corrected chi connectivity index (χ1v) is 7.65. The van der Waals surface area contributed by atoms with E-state index in [1.54, 1.807) is 16.2 Å². The van der Waals surface area contributed by atoms with Crippen LogP contribution in [-0.4, -0.2) is 17.9 Å². The molecular weight excluding hydrogens is 322 g/mol. The number of benzene rings is 1. The predicted molar refractivity (Wildman–Crippen MR) is 83.7 cm³/mol. The van der Waals surface area contributed by atoms with Crippen molar-refractivity contribution in [3.8, 4) is 0 Å². The van der Waals surface area contributed by atoms with Crippen molar-refractivity contribution in [1.29, 1.82) is 0 Å². The molecular formula is C15H16BrNOS. The van der Waals surface area contributed by atoms with E-state index in [9.17, 15) is 4.79 Å². The van der Waals surface area contributed by atoms with Crippen molar-refractivity contribution in [1.82, 2.24) is 4.90 Å². The molecule has 0 fully saturated rings. The number of rotatable bonds is 3. The fraction of sp³-hybridized carbons (Fsp3) is 0.267. The maximum atomic E-state index is 12.3. The smallest absolute Gasteiger partial charge is 0.253 e. The molecule has 0 atom stereocenters. The summed E-state index contributed by atoms with van der Waals surface area (Å²) in [4.78, 5) is 15.3. The first-order chi connectivity index (χ1) is 8.97. The highest BCUT2D eigenvalue weighted by Gasteiger charge is 2.13. The van der Waals surface area contributed by atoms with E-state index in [2.05, 4.69) is 22.9 Å². The summed E-state index contributed by atoms with van der Waals surface area (Å²) >= 11 is 5.09. The first kappa shape index (κ1) is 14.3. The molecule has 0 saturated carbocycles. The van der Waals surface area contributed by atoms with Crippen LogP contribution in [0, 0.1) is 13.8 Å². The summed E-state index contributed by atoms with van der Waals surface area (Å²) in [5.41, 5.74) is 3.11. The van der Waals surface area contributed by atoms with Gasteiger partial charge in [-0.25, -0.2) is 0 Å². The Morgan fingerprint density at radius 1 is 1.21 bits per heavy atom. The quantitative estimate of drug-likeness (QED) is 0.812. The van der Waals surface area contributed by atoms with E-state index >= 15 is 0 Å². The zero-order valence-electron chi connectivity index (χ0n) is 11.2. The summed E-state index contributed by atoms with van der Waals surface area (Å²) in [6.07, 6.45) is 0. The molecule has 0 spiro atoms. The standard InChI is InChI=1S/C15H16BrNOS/c1-10-4-5-12(8-11(10)2)15(18)17(3)9-13-6-7-14(16)19-13/h4-8H,9H2,1-3H3. The summed E-state index contributed by atoms with van der Waals surface area (Å²) in [5.74, 6) is 0.0626. The summed E-state index contributed by atoms with van der Waals surface area (Å²) in [7, 11) is 1.84. The van der Waals surface area contributed by atoms with Gasteiger partial charge in [-0.2, -0.15) is 0 Å². The van der Waals surface area contributed by atoms with E-state index in [-0.39, 0.29) is 5.91 Å². The molecule has 2 nitrogen and oxygen atoms in total. The van der Waals surface area contributed by atoms with Crippen LogP contribution in [0.1, 0.15) is 26.4 Å². The molecule has 4 heteroatoms. The van der Waals surface area contributed by atoms with Crippen molar-refractivity contribution < 1.29 is 4.79 Å². The largest absolute Gasteiger partial charge is 0.337 e. The van der Waals surface area contributed by atoms with Gasteiger partial charge < -0.3 is 4.90 Å². The Balaban J connectivity index is 2.12. The lowest BCUT2D eigenvalue weighted by Crippen LogP contribution is -2.25. The van der Waals surface area contributed by atoms with E-state index in [0.29, 0.717) is 6.54 Å². The number of carbonyl (C=O) groups excluding carboxylic acids is 1. The van der Waals surface area contributed by atoms with Crippen LogP contribution >= 0.6 is 27.3 Å². The molecule has 2 aromatic rings. The van der Waals surface area contributed by atoms with Crippen LogP contribution in [0.2, 0.25) is 0 Å². The monoisotopic (exact) mass is 337 g/mol. The van der Waals surface area contributed by atoms with Crippen LogP contribution in [0.3, 0.4) is 0 Å². The van der Waals surface area contributed by atoms with Gasteiger partial charge in [0.2, 0.25) is 0 Å². The minimum Gasteiger partial charge on any atom is -0.337 e. The van der Waals surface area contributed by atoms with Crippen molar-refractivity contribution in [3.05, 3.63) is 55.7 Å².